The Labute approximate surface area is 193 Å². The third-order valence-electron chi connectivity index (χ3n) is 6.22. The molecule has 2 heterocycles. The fourth-order valence-electron chi connectivity index (χ4n) is 4.43. The van der Waals surface area contributed by atoms with Gasteiger partial charge in [0.05, 0.1) is 17.6 Å². The highest BCUT2D eigenvalue weighted by atomic mass is 16.5. The normalized spacial score (nSPS) is 15.1. The molecule has 3 aromatic rings. The number of carbonyl (C=O) groups excluding carboxylic acids is 1. The van der Waals surface area contributed by atoms with Gasteiger partial charge in [-0.1, -0.05) is 25.0 Å². The van der Waals surface area contributed by atoms with Crippen molar-refractivity contribution in [2.24, 2.45) is 5.92 Å². The van der Waals surface area contributed by atoms with Crippen molar-refractivity contribution < 1.29 is 24.2 Å². The van der Waals surface area contributed by atoms with Crippen molar-refractivity contribution in [3.8, 4) is 5.75 Å². The number of fused-ring (bicyclic) bond motifs is 1. The first-order valence-corrected chi connectivity index (χ1v) is 11.6. The number of Topliss-reactive ketones (excluding diaryl/α,β-unsaturated/α-hetero) is 1. The van der Waals surface area contributed by atoms with Crippen LogP contribution in [0.1, 0.15) is 48.5 Å². The van der Waals surface area contributed by atoms with E-state index >= 15 is 0 Å². The molecule has 0 radical (unpaired) electrons. The number of benzene rings is 1. The molecule has 1 aromatic carbocycles. The van der Waals surface area contributed by atoms with E-state index in [2.05, 4.69) is 9.55 Å². The molecular weight excluding hydrogens is 420 g/mol. The van der Waals surface area contributed by atoms with Gasteiger partial charge in [0.1, 0.15) is 12.4 Å². The highest BCUT2D eigenvalue weighted by Gasteiger charge is 2.24. The number of pyridine rings is 1. The van der Waals surface area contributed by atoms with Crippen molar-refractivity contribution in [1.82, 2.24) is 9.55 Å². The summed E-state index contributed by atoms with van der Waals surface area (Å²) < 4.78 is 13.2. The maximum Gasteiger partial charge on any atom is 0.333 e. The Bertz CT molecular complexity index is 1100. The molecular formula is C26H30N2O5. The molecule has 0 spiro atoms. The second kappa shape index (κ2) is 10.6. The van der Waals surface area contributed by atoms with Crippen molar-refractivity contribution in [3.63, 3.8) is 0 Å². The van der Waals surface area contributed by atoms with Crippen molar-refractivity contribution >= 4 is 22.8 Å². The minimum atomic E-state index is -0.960. The molecule has 1 fully saturated rings. The number of nitrogens with zero attached hydrogens (tertiary/aromatic N) is 2. The lowest BCUT2D eigenvalue weighted by Gasteiger charge is -2.13. The summed E-state index contributed by atoms with van der Waals surface area (Å²) in [5.74, 6) is 0.103. The van der Waals surface area contributed by atoms with E-state index in [4.69, 9.17) is 9.47 Å². The molecule has 0 aliphatic heterocycles. The zero-order valence-corrected chi connectivity index (χ0v) is 18.9. The summed E-state index contributed by atoms with van der Waals surface area (Å²) in [7, 11) is 0. The topological polar surface area (TPSA) is 90.7 Å². The Morgan fingerprint density at radius 2 is 1.94 bits per heavy atom. The zero-order valence-electron chi connectivity index (χ0n) is 18.9. The molecule has 7 nitrogen and oxygen atoms in total. The number of aliphatic carboxylic acids is 1. The Hall–Kier alpha value is -3.19. The Kier molecular flexibility index (Phi) is 7.40. The second-order valence-corrected chi connectivity index (χ2v) is 8.46. The van der Waals surface area contributed by atoms with Crippen LogP contribution >= 0.6 is 0 Å². The fraction of sp³-hybridized carbons (Fsp3) is 0.423. The number of carbonyl (C=O) groups is 2. The summed E-state index contributed by atoms with van der Waals surface area (Å²) >= 11 is 0. The number of rotatable bonds is 11. The molecule has 0 saturated heterocycles. The summed E-state index contributed by atoms with van der Waals surface area (Å²) in [6.07, 6.45) is 7.36. The van der Waals surface area contributed by atoms with E-state index in [1.165, 1.54) is 0 Å². The molecule has 1 atom stereocenters. The Morgan fingerprint density at radius 3 is 2.64 bits per heavy atom. The highest BCUT2D eigenvalue weighted by Crippen LogP contribution is 2.28. The molecule has 0 amide bonds. The maximum absolute atomic E-state index is 12.8. The van der Waals surface area contributed by atoms with E-state index in [0.29, 0.717) is 37.5 Å². The monoisotopic (exact) mass is 450 g/mol. The van der Waals surface area contributed by atoms with Crippen LogP contribution in [0.5, 0.6) is 5.75 Å². The van der Waals surface area contributed by atoms with Gasteiger partial charge >= 0.3 is 5.97 Å². The summed E-state index contributed by atoms with van der Waals surface area (Å²) in [4.78, 5) is 28.5. The first kappa shape index (κ1) is 23.0. The summed E-state index contributed by atoms with van der Waals surface area (Å²) in [5.41, 5.74) is 3.38. The molecule has 174 valence electrons. The third-order valence-corrected chi connectivity index (χ3v) is 6.22. The van der Waals surface area contributed by atoms with Gasteiger partial charge in [0.25, 0.3) is 0 Å². The molecule has 33 heavy (non-hydrogen) atoms. The number of hydrogen-bond donors (Lipinski definition) is 1. The number of carboxylic acids is 1. The molecule has 1 N–H and O–H groups in total. The van der Waals surface area contributed by atoms with E-state index in [0.717, 1.165) is 42.3 Å². The van der Waals surface area contributed by atoms with Crippen LogP contribution in [0, 0.1) is 5.92 Å². The standard InChI is InChI=1S/C26H30N2O5/c1-2-32-24(26(30)31)15-18-7-9-21(10-8-18)33-14-13-28-12-11-22-23(28)16-20(17-27-22)25(29)19-5-3-4-6-19/h7-12,16-17,19,24H,2-6,13-15H2,1H3,(H,30,31). The Balaban J connectivity index is 1.35. The van der Waals surface area contributed by atoms with Gasteiger partial charge in [0.2, 0.25) is 0 Å². The lowest BCUT2D eigenvalue weighted by Crippen LogP contribution is -2.26. The van der Waals surface area contributed by atoms with Gasteiger partial charge in [0.15, 0.2) is 11.9 Å². The van der Waals surface area contributed by atoms with Gasteiger partial charge in [0, 0.05) is 36.9 Å². The first-order valence-electron chi connectivity index (χ1n) is 11.6. The van der Waals surface area contributed by atoms with Crippen LogP contribution in [0.25, 0.3) is 11.0 Å². The molecule has 1 aliphatic rings. The first-order chi connectivity index (χ1) is 16.0. The van der Waals surface area contributed by atoms with Gasteiger partial charge in [-0.3, -0.25) is 9.78 Å². The van der Waals surface area contributed by atoms with Crippen LogP contribution in [0.15, 0.2) is 48.8 Å². The minimum absolute atomic E-state index is 0.137. The maximum atomic E-state index is 12.8. The molecule has 1 saturated carbocycles. The highest BCUT2D eigenvalue weighted by molar-refractivity contribution is 6.00. The van der Waals surface area contributed by atoms with Crippen molar-refractivity contribution in [2.75, 3.05) is 13.2 Å². The molecule has 1 aliphatic carbocycles. The number of ketones is 1. The summed E-state index contributed by atoms with van der Waals surface area (Å²) in [6.45, 7) is 3.23. The van der Waals surface area contributed by atoms with E-state index in [1.807, 2.05) is 42.6 Å². The van der Waals surface area contributed by atoms with E-state index in [-0.39, 0.29) is 11.7 Å². The van der Waals surface area contributed by atoms with Crippen molar-refractivity contribution in [1.29, 1.82) is 0 Å². The zero-order chi connectivity index (χ0) is 23.2. The average Bonchev–Trinajstić information content (AvgIpc) is 3.49. The number of ether oxygens (including phenoxy) is 2. The van der Waals surface area contributed by atoms with Gasteiger partial charge in [-0.05, 0) is 49.6 Å². The van der Waals surface area contributed by atoms with Crippen molar-refractivity contribution in [3.05, 3.63) is 59.9 Å². The second-order valence-electron chi connectivity index (χ2n) is 8.46. The van der Waals surface area contributed by atoms with E-state index < -0.39 is 12.1 Å². The third kappa shape index (κ3) is 5.60. The number of hydrogen-bond acceptors (Lipinski definition) is 5. The van der Waals surface area contributed by atoms with E-state index in [1.54, 1.807) is 13.1 Å². The smallest absolute Gasteiger partial charge is 0.333 e. The van der Waals surface area contributed by atoms with Crippen LogP contribution in [0.4, 0.5) is 0 Å². The van der Waals surface area contributed by atoms with Crippen LogP contribution in [0.3, 0.4) is 0 Å². The minimum Gasteiger partial charge on any atom is -0.492 e. The largest absolute Gasteiger partial charge is 0.492 e. The number of carboxylic acid groups (broad SMARTS) is 1. The summed E-state index contributed by atoms with van der Waals surface area (Å²) in [6, 6.07) is 11.3. The quantitative estimate of drug-likeness (QED) is 0.432. The van der Waals surface area contributed by atoms with Crippen LogP contribution in [-0.4, -0.2) is 45.7 Å². The van der Waals surface area contributed by atoms with Gasteiger partial charge < -0.3 is 19.1 Å². The molecule has 2 aromatic heterocycles. The van der Waals surface area contributed by atoms with Gasteiger partial charge in [-0.2, -0.15) is 0 Å². The van der Waals surface area contributed by atoms with Crippen LogP contribution < -0.4 is 4.74 Å². The molecule has 4 rings (SSSR count). The average molecular weight is 451 g/mol. The predicted molar refractivity (Wildman–Crippen MR) is 125 cm³/mol. The molecule has 0 bridgehead atoms. The van der Waals surface area contributed by atoms with E-state index in [9.17, 15) is 14.7 Å². The Morgan fingerprint density at radius 1 is 1.18 bits per heavy atom. The lowest BCUT2D eigenvalue weighted by molar-refractivity contribution is -0.149. The predicted octanol–water partition coefficient (Wildman–Crippen LogP) is 4.52. The van der Waals surface area contributed by atoms with Crippen LogP contribution in [0.2, 0.25) is 0 Å². The van der Waals surface area contributed by atoms with Gasteiger partial charge in [-0.25, -0.2) is 4.79 Å². The summed E-state index contributed by atoms with van der Waals surface area (Å²) in [5, 5.41) is 9.23. The number of aromatic nitrogens is 2. The van der Waals surface area contributed by atoms with Crippen molar-refractivity contribution in [2.45, 2.75) is 51.7 Å². The van der Waals surface area contributed by atoms with Crippen LogP contribution in [-0.2, 0) is 22.5 Å². The fourth-order valence-corrected chi connectivity index (χ4v) is 4.43. The SMILES string of the molecule is CCOC(Cc1ccc(OCCn2ccc3ncc(C(=O)C4CCCC4)cc32)cc1)C(=O)O. The van der Waals surface area contributed by atoms with Gasteiger partial charge in [-0.15, -0.1) is 0 Å². The molecule has 7 heteroatoms. The lowest BCUT2D eigenvalue weighted by atomic mass is 9.97. The molecule has 1 unspecified atom stereocenters.